The van der Waals surface area contributed by atoms with E-state index in [9.17, 15) is 17.6 Å². The monoisotopic (exact) mass is 464 g/mol. The first-order chi connectivity index (χ1) is 14.8. The first-order valence-corrected chi connectivity index (χ1v) is 11.3. The maximum Gasteiger partial charge on any atom is 0.322 e. The number of aromatic nitrogens is 2. The first-order valence-electron chi connectivity index (χ1n) is 9.49. The molecule has 31 heavy (non-hydrogen) atoms. The Hall–Kier alpha value is -2.82. The minimum atomic E-state index is -3.73. The molecule has 0 unspecified atom stereocenters. The van der Waals surface area contributed by atoms with Gasteiger partial charge in [0.05, 0.1) is 4.90 Å². The van der Waals surface area contributed by atoms with Gasteiger partial charge in [-0.25, -0.2) is 12.8 Å². The Kier molecular flexibility index (Phi) is 6.03. The summed E-state index contributed by atoms with van der Waals surface area (Å²) in [6.45, 7) is 0.356. The summed E-state index contributed by atoms with van der Waals surface area (Å²) in [4.78, 5) is 12.6. The number of sulfonamides is 1. The zero-order valence-electron chi connectivity index (χ0n) is 16.2. The van der Waals surface area contributed by atoms with Crippen molar-refractivity contribution in [2.75, 3.05) is 18.4 Å². The van der Waals surface area contributed by atoms with Crippen molar-refractivity contribution in [3.8, 4) is 11.5 Å². The first kappa shape index (κ1) is 21.4. The van der Waals surface area contributed by atoms with Gasteiger partial charge < -0.3 is 4.42 Å². The molecular formula is C20H18ClFN4O4S. The van der Waals surface area contributed by atoms with E-state index in [-0.39, 0.29) is 35.8 Å². The van der Waals surface area contributed by atoms with E-state index in [0.717, 1.165) is 12.1 Å². The van der Waals surface area contributed by atoms with E-state index in [1.807, 2.05) is 0 Å². The molecule has 0 spiro atoms. The van der Waals surface area contributed by atoms with Crippen molar-refractivity contribution in [1.82, 2.24) is 14.5 Å². The van der Waals surface area contributed by atoms with Crippen molar-refractivity contribution in [1.29, 1.82) is 0 Å². The van der Waals surface area contributed by atoms with Crippen LogP contribution in [0.15, 0.2) is 57.8 Å². The van der Waals surface area contributed by atoms with Crippen LogP contribution in [0.2, 0.25) is 5.02 Å². The van der Waals surface area contributed by atoms with E-state index in [1.165, 1.54) is 16.4 Å². The number of rotatable bonds is 5. The van der Waals surface area contributed by atoms with Crippen LogP contribution in [0.25, 0.3) is 11.5 Å². The number of amides is 1. The molecule has 1 aromatic heterocycles. The van der Waals surface area contributed by atoms with Gasteiger partial charge in [-0.1, -0.05) is 16.7 Å². The SMILES string of the molecule is O=C(Nc1nnc(-c2ccc(Cl)cc2)o1)C1CCN(S(=O)(=O)c2ccc(F)cc2)CC1. The van der Waals surface area contributed by atoms with Gasteiger partial charge in [0.25, 0.3) is 0 Å². The van der Waals surface area contributed by atoms with Crippen LogP contribution in [0.3, 0.4) is 0 Å². The van der Waals surface area contributed by atoms with Crippen molar-refractivity contribution in [3.63, 3.8) is 0 Å². The minimum absolute atomic E-state index is 0.0254. The van der Waals surface area contributed by atoms with E-state index < -0.39 is 21.8 Å². The number of nitrogens with one attached hydrogen (secondary N) is 1. The number of hydrogen-bond donors (Lipinski definition) is 1. The molecule has 3 aromatic rings. The molecule has 1 amide bonds. The molecule has 1 aliphatic heterocycles. The topological polar surface area (TPSA) is 105 Å². The molecular weight excluding hydrogens is 447 g/mol. The molecule has 1 saturated heterocycles. The Morgan fingerprint density at radius 1 is 1.06 bits per heavy atom. The Balaban J connectivity index is 1.35. The lowest BCUT2D eigenvalue weighted by Crippen LogP contribution is -2.41. The number of carbonyl (C=O) groups excluding carboxylic acids is 1. The van der Waals surface area contributed by atoms with Gasteiger partial charge in [0.2, 0.25) is 21.8 Å². The summed E-state index contributed by atoms with van der Waals surface area (Å²) in [5.74, 6) is -0.975. The van der Waals surface area contributed by atoms with E-state index in [2.05, 4.69) is 15.5 Å². The smallest absolute Gasteiger partial charge is 0.322 e. The normalized spacial score (nSPS) is 15.7. The van der Waals surface area contributed by atoms with Crippen LogP contribution in [0.4, 0.5) is 10.4 Å². The van der Waals surface area contributed by atoms with Crippen molar-refractivity contribution >= 4 is 33.5 Å². The van der Waals surface area contributed by atoms with Gasteiger partial charge in [0.1, 0.15) is 5.82 Å². The molecule has 1 fully saturated rings. The highest BCUT2D eigenvalue weighted by molar-refractivity contribution is 7.89. The van der Waals surface area contributed by atoms with Crippen LogP contribution < -0.4 is 5.32 Å². The van der Waals surface area contributed by atoms with Crippen LogP contribution in [0.1, 0.15) is 12.8 Å². The van der Waals surface area contributed by atoms with Crippen molar-refractivity contribution < 1.29 is 22.0 Å². The third-order valence-electron chi connectivity index (χ3n) is 5.02. The highest BCUT2D eigenvalue weighted by Gasteiger charge is 2.32. The second-order valence-corrected chi connectivity index (χ2v) is 9.42. The molecule has 1 aliphatic rings. The Morgan fingerprint density at radius 3 is 2.35 bits per heavy atom. The standard InChI is InChI=1S/C20H18ClFN4O4S/c21-15-3-1-14(2-4-15)19-24-25-20(30-19)23-18(27)13-9-11-26(12-10-13)31(28,29)17-7-5-16(22)6-8-17/h1-8,13H,9-12H2,(H,23,25,27). The Labute approximate surface area is 183 Å². The lowest BCUT2D eigenvalue weighted by Gasteiger charge is -2.30. The summed E-state index contributed by atoms with van der Waals surface area (Å²) in [5, 5.41) is 10.9. The summed E-state index contributed by atoms with van der Waals surface area (Å²) in [6, 6.07) is 11.5. The molecule has 162 valence electrons. The number of halogens is 2. The molecule has 2 heterocycles. The molecule has 1 N–H and O–H groups in total. The maximum absolute atomic E-state index is 13.1. The van der Waals surface area contributed by atoms with Crippen LogP contribution >= 0.6 is 11.6 Å². The second kappa shape index (κ2) is 8.74. The van der Waals surface area contributed by atoms with Gasteiger partial charge >= 0.3 is 6.01 Å². The largest absolute Gasteiger partial charge is 0.403 e. The number of benzene rings is 2. The number of nitrogens with zero attached hydrogens (tertiary/aromatic N) is 3. The minimum Gasteiger partial charge on any atom is -0.403 e. The predicted molar refractivity (Wildman–Crippen MR) is 111 cm³/mol. The van der Waals surface area contributed by atoms with E-state index >= 15 is 0 Å². The number of carbonyl (C=O) groups is 1. The average Bonchev–Trinajstić information content (AvgIpc) is 3.23. The van der Waals surface area contributed by atoms with Crippen molar-refractivity contribution in [3.05, 3.63) is 59.4 Å². The quantitative estimate of drug-likeness (QED) is 0.618. The number of anilines is 1. The fourth-order valence-corrected chi connectivity index (χ4v) is 4.90. The molecule has 0 aliphatic carbocycles. The average molecular weight is 465 g/mol. The van der Waals surface area contributed by atoms with Crippen LogP contribution in [-0.4, -0.2) is 41.9 Å². The lowest BCUT2D eigenvalue weighted by atomic mass is 9.97. The molecule has 4 rings (SSSR count). The molecule has 0 radical (unpaired) electrons. The van der Waals surface area contributed by atoms with Gasteiger partial charge in [-0.3, -0.25) is 10.1 Å². The van der Waals surface area contributed by atoms with Crippen molar-refractivity contribution in [2.24, 2.45) is 5.92 Å². The molecule has 0 saturated carbocycles. The third kappa shape index (κ3) is 4.76. The summed E-state index contributed by atoms with van der Waals surface area (Å²) in [5.41, 5.74) is 0.664. The fraction of sp³-hybridized carbons (Fsp3) is 0.250. The molecule has 11 heteroatoms. The van der Waals surface area contributed by atoms with Gasteiger partial charge in [0, 0.05) is 29.6 Å². The van der Waals surface area contributed by atoms with E-state index in [4.69, 9.17) is 16.0 Å². The predicted octanol–water partition coefficient (Wildman–Crippen LogP) is 3.57. The third-order valence-corrected chi connectivity index (χ3v) is 7.19. The zero-order chi connectivity index (χ0) is 22.0. The van der Waals surface area contributed by atoms with Crippen molar-refractivity contribution in [2.45, 2.75) is 17.7 Å². The highest BCUT2D eigenvalue weighted by Crippen LogP contribution is 2.26. The summed E-state index contributed by atoms with van der Waals surface area (Å²) in [6.07, 6.45) is 0.675. The number of hydrogen-bond acceptors (Lipinski definition) is 6. The summed E-state index contributed by atoms with van der Waals surface area (Å²) < 4.78 is 45.2. The lowest BCUT2D eigenvalue weighted by molar-refractivity contribution is -0.121. The van der Waals surface area contributed by atoms with Crippen LogP contribution in [0.5, 0.6) is 0 Å². The highest BCUT2D eigenvalue weighted by atomic mass is 35.5. The van der Waals surface area contributed by atoms with Gasteiger partial charge in [-0.05, 0) is 61.4 Å². The van der Waals surface area contributed by atoms with Crippen LogP contribution in [0, 0.1) is 11.7 Å². The maximum atomic E-state index is 13.1. The molecule has 0 bridgehead atoms. The molecule has 8 nitrogen and oxygen atoms in total. The summed E-state index contributed by atoms with van der Waals surface area (Å²) >= 11 is 5.86. The summed E-state index contributed by atoms with van der Waals surface area (Å²) in [7, 11) is -3.73. The second-order valence-electron chi connectivity index (χ2n) is 7.04. The Bertz CT molecular complexity index is 1170. The van der Waals surface area contributed by atoms with Gasteiger partial charge in [0.15, 0.2) is 0 Å². The van der Waals surface area contributed by atoms with Gasteiger partial charge in [-0.15, -0.1) is 5.10 Å². The van der Waals surface area contributed by atoms with Crippen LogP contribution in [-0.2, 0) is 14.8 Å². The fourth-order valence-electron chi connectivity index (χ4n) is 3.30. The van der Waals surface area contributed by atoms with Gasteiger partial charge in [-0.2, -0.15) is 4.31 Å². The molecule has 0 atom stereocenters. The zero-order valence-corrected chi connectivity index (χ0v) is 17.7. The van der Waals surface area contributed by atoms with E-state index in [1.54, 1.807) is 24.3 Å². The Morgan fingerprint density at radius 2 is 1.71 bits per heavy atom. The molecule has 2 aromatic carbocycles. The van der Waals surface area contributed by atoms with E-state index in [0.29, 0.717) is 23.4 Å². The number of piperidine rings is 1.